The zero-order valence-electron chi connectivity index (χ0n) is 30.2. The van der Waals surface area contributed by atoms with Crippen molar-refractivity contribution in [3.63, 3.8) is 0 Å². The molecular formula is C47H53N2+. The van der Waals surface area contributed by atoms with Crippen molar-refractivity contribution in [3.8, 4) is 11.1 Å². The van der Waals surface area contributed by atoms with Crippen LogP contribution in [0.15, 0.2) is 72.8 Å². The van der Waals surface area contributed by atoms with Gasteiger partial charge in [0.1, 0.15) is 13.1 Å². The Bertz CT molecular complexity index is 2080. The molecule has 0 radical (unpaired) electrons. The molecule has 6 aliphatic rings. The molecule has 2 saturated carbocycles. The Balaban J connectivity index is 1.27. The molecule has 1 atom stereocenters. The molecule has 2 heteroatoms. The van der Waals surface area contributed by atoms with Crippen molar-refractivity contribution in [2.75, 3.05) is 13.1 Å². The van der Waals surface area contributed by atoms with Gasteiger partial charge in [0.2, 0.25) is 5.84 Å². The Labute approximate surface area is 293 Å². The molecular weight excluding hydrogens is 593 g/mol. The molecule has 1 heterocycles. The number of hydrogen-bond acceptors (Lipinski definition) is 1. The van der Waals surface area contributed by atoms with Gasteiger partial charge < -0.3 is 0 Å². The molecule has 4 aromatic carbocycles. The summed E-state index contributed by atoms with van der Waals surface area (Å²) >= 11 is 0. The highest BCUT2D eigenvalue weighted by Gasteiger charge is 2.57. The van der Waals surface area contributed by atoms with E-state index in [-0.39, 0.29) is 10.8 Å². The average molecular weight is 646 g/mol. The van der Waals surface area contributed by atoms with E-state index in [9.17, 15) is 0 Å². The predicted octanol–water partition coefficient (Wildman–Crippen LogP) is 10.9. The molecule has 0 amide bonds. The molecule has 2 nitrogen and oxygen atoms in total. The van der Waals surface area contributed by atoms with Crippen LogP contribution < -0.4 is 0 Å². The molecule has 250 valence electrons. The quantitative estimate of drug-likeness (QED) is 0.201. The molecule has 49 heavy (non-hydrogen) atoms. The summed E-state index contributed by atoms with van der Waals surface area (Å²) in [5.74, 6) is 2.19. The first kappa shape index (κ1) is 30.2. The van der Waals surface area contributed by atoms with E-state index in [1.54, 1.807) is 44.8 Å². The molecule has 0 aromatic heterocycles. The smallest absolute Gasteiger partial charge is 0.249 e. The lowest BCUT2D eigenvalue weighted by Crippen LogP contribution is -2.62. The van der Waals surface area contributed by atoms with E-state index in [1.165, 1.54) is 91.7 Å². The number of nitrogens with zero attached hydrogens (tertiary/aromatic N) is 2. The second-order valence-corrected chi connectivity index (χ2v) is 17.4. The zero-order chi connectivity index (χ0) is 33.1. The zero-order valence-corrected chi connectivity index (χ0v) is 30.2. The van der Waals surface area contributed by atoms with Gasteiger partial charge in [0.05, 0.1) is 23.4 Å². The minimum absolute atomic E-state index is 0.00746. The largest absolute Gasteiger partial charge is 0.261 e. The molecule has 10 rings (SSSR count). The third-order valence-electron chi connectivity index (χ3n) is 14.0. The van der Waals surface area contributed by atoms with Crippen LogP contribution in [-0.2, 0) is 17.3 Å². The van der Waals surface area contributed by atoms with Gasteiger partial charge >= 0.3 is 0 Å². The summed E-state index contributed by atoms with van der Waals surface area (Å²) in [6.45, 7) is 12.2. The molecule has 0 bridgehead atoms. The van der Waals surface area contributed by atoms with E-state index in [0.717, 1.165) is 19.5 Å². The first-order valence-electron chi connectivity index (χ1n) is 19.8. The number of rotatable bonds is 3. The highest BCUT2D eigenvalue weighted by Crippen LogP contribution is 2.63. The summed E-state index contributed by atoms with van der Waals surface area (Å²) in [6, 6.07) is 30.1. The van der Waals surface area contributed by atoms with Crippen LogP contribution in [0.25, 0.3) is 33.0 Å². The number of allylic oxidation sites excluding steroid dienone is 2. The number of benzene rings is 4. The average Bonchev–Trinajstić information content (AvgIpc) is 3.73. The number of amidine groups is 1. The Kier molecular flexibility index (Phi) is 6.73. The van der Waals surface area contributed by atoms with Crippen LogP contribution >= 0.6 is 0 Å². The van der Waals surface area contributed by atoms with E-state index in [1.807, 2.05) is 0 Å². The number of hydrogen-bond donors (Lipinski definition) is 0. The van der Waals surface area contributed by atoms with Crippen molar-refractivity contribution in [2.45, 2.75) is 121 Å². The van der Waals surface area contributed by atoms with Crippen molar-refractivity contribution < 1.29 is 4.58 Å². The normalized spacial score (nSPS) is 24.6. The van der Waals surface area contributed by atoms with Gasteiger partial charge in [0, 0.05) is 5.41 Å². The molecule has 0 N–H and O–H groups in total. The highest BCUT2D eigenvalue weighted by molar-refractivity contribution is 6.11. The SMILES string of the molecule is CC(C)C1=[N+](C2CCCCC2)CC2(CN1C1CCCCC1)c1ccc3c(c1-c1ccc4ccccc4c12)C1=C(c2ccccc2C1)C3(C)C. The van der Waals surface area contributed by atoms with Crippen molar-refractivity contribution in [1.82, 2.24) is 4.90 Å². The Hall–Kier alpha value is -3.65. The topological polar surface area (TPSA) is 6.25 Å². The highest BCUT2D eigenvalue weighted by atomic mass is 15.3. The van der Waals surface area contributed by atoms with Crippen LogP contribution in [0.2, 0.25) is 0 Å². The van der Waals surface area contributed by atoms with Gasteiger partial charge in [-0.25, -0.2) is 0 Å². The lowest BCUT2D eigenvalue weighted by molar-refractivity contribution is -0.588. The Morgan fingerprint density at radius 1 is 0.714 bits per heavy atom. The summed E-state index contributed by atoms with van der Waals surface area (Å²) < 4.78 is 3.02. The summed E-state index contributed by atoms with van der Waals surface area (Å²) in [6.07, 6.45) is 14.7. The van der Waals surface area contributed by atoms with Gasteiger partial charge in [-0.2, -0.15) is 0 Å². The fourth-order valence-corrected chi connectivity index (χ4v) is 12.0. The molecule has 5 aliphatic carbocycles. The molecule has 1 aliphatic heterocycles. The van der Waals surface area contributed by atoms with Crippen molar-refractivity contribution >= 4 is 27.8 Å². The first-order valence-corrected chi connectivity index (χ1v) is 19.8. The summed E-state index contributed by atoms with van der Waals surface area (Å²) in [7, 11) is 0. The van der Waals surface area contributed by atoms with Gasteiger partial charge in [-0.15, -0.1) is 0 Å². The second kappa shape index (κ2) is 10.9. The van der Waals surface area contributed by atoms with E-state index >= 15 is 0 Å². The van der Waals surface area contributed by atoms with Gasteiger partial charge in [0.15, 0.2) is 0 Å². The van der Waals surface area contributed by atoms with Crippen molar-refractivity contribution in [3.05, 3.63) is 106 Å². The van der Waals surface area contributed by atoms with E-state index in [2.05, 4.69) is 110 Å². The predicted molar refractivity (Wildman–Crippen MR) is 206 cm³/mol. The first-order chi connectivity index (χ1) is 23.9. The molecule has 0 saturated heterocycles. The van der Waals surface area contributed by atoms with Crippen LogP contribution in [0.1, 0.15) is 125 Å². The van der Waals surface area contributed by atoms with Crippen LogP contribution in [-0.4, -0.2) is 40.5 Å². The maximum Gasteiger partial charge on any atom is 0.249 e. The monoisotopic (exact) mass is 645 g/mol. The standard InChI is InChI=1S/C47H53N2/c1-30(2)45-48(33-17-7-5-8-18-33)28-47(29-49(45)34-19-9-6-10-20-34)40-26-25-39-42(38-27-32-16-12-14-22-36(32)43(38)46(39,3)4)41(40)37-24-23-31-15-11-13-21-35(31)44(37)47/h11-16,21-26,30,33-34H,5-10,17-20,27-29H2,1-4H3/q+1. The third-order valence-corrected chi connectivity index (χ3v) is 14.0. The second-order valence-electron chi connectivity index (χ2n) is 17.4. The van der Waals surface area contributed by atoms with Crippen LogP contribution in [0, 0.1) is 5.92 Å². The van der Waals surface area contributed by atoms with E-state index < -0.39 is 0 Å². The summed E-state index contributed by atoms with van der Waals surface area (Å²) in [5, 5.41) is 2.87. The minimum Gasteiger partial charge on any atom is -0.261 e. The molecule has 2 fully saturated rings. The number of fused-ring (bicyclic) bond motifs is 12. The lowest BCUT2D eigenvalue weighted by atomic mass is 9.72. The van der Waals surface area contributed by atoms with Gasteiger partial charge in [0.25, 0.3) is 0 Å². The van der Waals surface area contributed by atoms with Crippen molar-refractivity contribution in [1.29, 1.82) is 0 Å². The van der Waals surface area contributed by atoms with Crippen LogP contribution in [0.3, 0.4) is 0 Å². The fourth-order valence-electron chi connectivity index (χ4n) is 12.0. The maximum absolute atomic E-state index is 3.02. The fraction of sp³-hybridized carbons (Fsp3) is 0.468. The van der Waals surface area contributed by atoms with Crippen LogP contribution in [0.4, 0.5) is 0 Å². The summed E-state index contributed by atoms with van der Waals surface area (Å²) in [4.78, 5) is 3.02. The minimum atomic E-state index is -0.0766. The Morgan fingerprint density at radius 2 is 1.43 bits per heavy atom. The maximum atomic E-state index is 3.02. The summed E-state index contributed by atoms with van der Waals surface area (Å²) in [5.41, 5.74) is 15.6. The van der Waals surface area contributed by atoms with Gasteiger partial charge in [-0.3, -0.25) is 9.48 Å². The van der Waals surface area contributed by atoms with Gasteiger partial charge in [-0.1, -0.05) is 113 Å². The third kappa shape index (κ3) is 4.16. The van der Waals surface area contributed by atoms with E-state index in [4.69, 9.17) is 0 Å². The van der Waals surface area contributed by atoms with Gasteiger partial charge in [-0.05, 0) is 124 Å². The van der Waals surface area contributed by atoms with Crippen molar-refractivity contribution in [2.24, 2.45) is 5.92 Å². The molecule has 1 unspecified atom stereocenters. The Morgan fingerprint density at radius 3 is 2.22 bits per heavy atom. The molecule has 1 spiro atoms. The molecule has 4 aromatic rings. The van der Waals surface area contributed by atoms with E-state index in [0.29, 0.717) is 18.0 Å². The van der Waals surface area contributed by atoms with Crippen LogP contribution in [0.5, 0.6) is 0 Å². The lowest BCUT2D eigenvalue weighted by Gasteiger charge is -2.46.